The Morgan fingerprint density at radius 3 is 2.56 bits per heavy atom. The highest BCUT2D eigenvalue weighted by Crippen LogP contribution is 2.12. The van der Waals surface area contributed by atoms with Gasteiger partial charge in [-0.3, -0.25) is 9.59 Å². The molecule has 0 aliphatic carbocycles. The summed E-state index contributed by atoms with van der Waals surface area (Å²) < 4.78 is 35.1. The number of anilines is 1. The number of ether oxygens (including phenoxy) is 1. The maximum absolute atomic E-state index is 13.0. The van der Waals surface area contributed by atoms with Gasteiger partial charge >= 0.3 is 5.97 Å². The number of aromatic nitrogens is 1. The first-order valence-corrected chi connectivity index (χ1v) is 6.97. The molecule has 2 rings (SSSR count). The van der Waals surface area contributed by atoms with Gasteiger partial charge in [-0.25, -0.2) is 13.6 Å². The predicted molar refractivity (Wildman–Crippen MR) is 79.5 cm³/mol. The van der Waals surface area contributed by atoms with Crippen molar-refractivity contribution in [1.82, 2.24) is 10.5 Å². The van der Waals surface area contributed by atoms with Gasteiger partial charge in [-0.05, 0) is 19.1 Å². The van der Waals surface area contributed by atoms with Gasteiger partial charge in [0.1, 0.15) is 0 Å². The molecule has 25 heavy (non-hydrogen) atoms. The van der Waals surface area contributed by atoms with Crippen LogP contribution in [0.5, 0.6) is 0 Å². The van der Waals surface area contributed by atoms with E-state index in [1.807, 2.05) is 0 Å². The molecule has 10 heteroatoms. The van der Waals surface area contributed by atoms with E-state index in [1.54, 1.807) is 6.92 Å². The molecular weight excluding hydrogens is 340 g/mol. The van der Waals surface area contributed by atoms with Crippen molar-refractivity contribution in [2.75, 3.05) is 18.5 Å². The summed E-state index contributed by atoms with van der Waals surface area (Å²) in [7, 11) is 0. The first-order valence-electron chi connectivity index (χ1n) is 6.97. The Hall–Kier alpha value is -3.30. The molecular formula is C15H13F2N3O5. The molecule has 0 fully saturated rings. The number of rotatable bonds is 6. The van der Waals surface area contributed by atoms with Gasteiger partial charge in [-0.15, -0.1) is 0 Å². The monoisotopic (exact) mass is 353 g/mol. The topological polar surface area (TPSA) is 111 Å². The molecule has 132 valence electrons. The number of hydrogen-bond donors (Lipinski definition) is 2. The van der Waals surface area contributed by atoms with Gasteiger partial charge in [-0.2, -0.15) is 0 Å². The van der Waals surface area contributed by atoms with Crippen molar-refractivity contribution in [3.05, 3.63) is 47.4 Å². The molecule has 2 amide bonds. The van der Waals surface area contributed by atoms with Gasteiger partial charge in [0.25, 0.3) is 5.91 Å². The van der Waals surface area contributed by atoms with Gasteiger partial charge in [0.05, 0.1) is 12.2 Å². The first-order chi connectivity index (χ1) is 11.8. The summed E-state index contributed by atoms with van der Waals surface area (Å²) >= 11 is 0. The van der Waals surface area contributed by atoms with Gasteiger partial charge < -0.3 is 19.9 Å². The van der Waals surface area contributed by atoms with Crippen molar-refractivity contribution in [3.8, 4) is 0 Å². The summed E-state index contributed by atoms with van der Waals surface area (Å²) in [5, 5.41) is 7.96. The van der Waals surface area contributed by atoms with Crippen molar-refractivity contribution < 1.29 is 32.4 Å². The standard InChI is InChI=1S/C15H13F2N3O5/c1-8-4-12(25-20-8)15(23)24-7-14(22)18-6-13(21)19-9-2-3-10(16)11(17)5-9/h2-5H,6-7H2,1H3,(H,18,22)(H,19,21). The molecule has 0 aliphatic heterocycles. The summed E-state index contributed by atoms with van der Waals surface area (Å²) in [6.45, 7) is 0.534. The zero-order valence-electron chi connectivity index (χ0n) is 13.0. The normalized spacial score (nSPS) is 10.2. The maximum atomic E-state index is 13.0. The fourth-order valence-corrected chi connectivity index (χ4v) is 1.67. The number of nitrogens with zero attached hydrogens (tertiary/aromatic N) is 1. The molecule has 0 aliphatic rings. The minimum Gasteiger partial charge on any atom is -0.450 e. The summed E-state index contributed by atoms with van der Waals surface area (Å²) in [4.78, 5) is 34.6. The fraction of sp³-hybridized carbons (Fsp3) is 0.200. The van der Waals surface area contributed by atoms with Crippen molar-refractivity contribution in [2.45, 2.75) is 6.92 Å². The lowest BCUT2D eigenvalue weighted by molar-refractivity contribution is -0.126. The van der Waals surface area contributed by atoms with Crippen LogP contribution >= 0.6 is 0 Å². The molecule has 0 spiro atoms. The molecule has 0 atom stereocenters. The van der Waals surface area contributed by atoms with Crippen LogP contribution < -0.4 is 10.6 Å². The van der Waals surface area contributed by atoms with E-state index in [2.05, 4.69) is 25.1 Å². The highest BCUT2D eigenvalue weighted by Gasteiger charge is 2.15. The quantitative estimate of drug-likeness (QED) is 0.755. The molecule has 1 aromatic carbocycles. The second kappa shape index (κ2) is 7.99. The van der Waals surface area contributed by atoms with Crippen LogP contribution in [0.15, 0.2) is 28.8 Å². The highest BCUT2D eigenvalue weighted by atomic mass is 19.2. The molecule has 1 aromatic heterocycles. The van der Waals surface area contributed by atoms with E-state index in [4.69, 9.17) is 0 Å². The molecule has 0 unspecified atom stereocenters. The number of benzene rings is 1. The molecule has 8 nitrogen and oxygen atoms in total. The van der Waals surface area contributed by atoms with Crippen LogP contribution in [0.25, 0.3) is 0 Å². The fourth-order valence-electron chi connectivity index (χ4n) is 1.67. The van der Waals surface area contributed by atoms with E-state index in [0.717, 1.165) is 12.1 Å². The smallest absolute Gasteiger partial charge is 0.377 e. The predicted octanol–water partition coefficient (Wildman–Crippen LogP) is 1.17. The van der Waals surface area contributed by atoms with Crippen molar-refractivity contribution in [2.24, 2.45) is 0 Å². The van der Waals surface area contributed by atoms with E-state index >= 15 is 0 Å². The Balaban J connectivity index is 1.72. The molecule has 0 radical (unpaired) electrons. The van der Waals surface area contributed by atoms with Crippen LogP contribution in [0.1, 0.15) is 16.2 Å². The van der Waals surface area contributed by atoms with Gasteiger partial charge in [0.15, 0.2) is 18.2 Å². The van der Waals surface area contributed by atoms with Crippen LogP contribution in [-0.4, -0.2) is 36.1 Å². The zero-order valence-corrected chi connectivity index (χ0v) is 13.0. The minimum absolute atomic E-state index is 0.0327. The lowest BCUT2D eigenvalue weighted by atomic mass is 10.3. The number of esters is 1. The van der Waals surface area contributed by atoms with Crippen molar-refractivity contribution >= 4 is 23.5 Å². The summed E-state index contributed by atoms with van der Waals surface area (Å²) in [5.74, 6) is -4.59. The SMILES string of the molecule is Cc1cc(C(=O)OCC(=O)NCC(=O)Nc2ccc(F)c(F)c2)on1. The third-order valence-corrected chi connectivity index (χ3v) is 2.81. The molecule has 0 bridgehead atoms. The molecule has 2 N–H and O–H groups in total. The number of amides is 2. The number of carbonyl (C=O) groups excluding carboxylic acids is 3. The number of carbonyl (C=O) groups is 3. The lowest BCUT2D eigenvalue weighted by Gasteiger charge is -2.07. The van der Waals surface area contributed by atoms with Crippen LogP contribution in [0.2, 0.25) is 0 Å². The second-order valence-corrected chi connectivity index (χ2v) is 4.86. The Morgan fingerprint density at radius 1 is 1.16 bits per heavy atom. The Morgan fingerprint density at radius 2 is 1.92 bits per heavy atom. The van der Waals surface area contributed by atoms with Gasteiger partial charge in [-0.1, -0.05) is 5.16 Å². The summed E-state index contributed by atoms with van der Waals surface area (Å²) in [5.41, 5.74) is 0.510. The van der Waals surface area contributed by atoms with E-state index < -0.39 is 42.6 Å². The molecule has 0 saturated carbocycles. The van der Waals surface area contributed by atoms with E-state index in [0.29, 0.717) is 5.69 Å². The van der Waals surface area contributed by atoms with E-state index in [-0.39, 0.29) is 11.4 Å². The Labute approximate surface area is 140 Å². The molecule has 0 saturated heterocycles. The van der Waals surface area contributed by atoms with Gasteiger partial charge in [0, 0.05) is 17.8 Å². The minimum atomic E-state index is -1.11. The van der Waals surface area contributed by atoms with Crippen molar-refractivity contribution in [1.29, 1.82) is 0 Å². The number of halogens is 2. The average Bonchev–Trinajstić information content (AvgIpc) is 3.00. The largest absolute Gasteiger partial charge is 0.450 e. The van der Waals surface area contributed by atoms with Crippen LogP contribution in [0, 0.1) is 18.6 Å². The van der Waals surface area contributed by atoms with E-state index in [1.165, 1.54) is 12.1 Å². The average molecular weight is 353 g/mol. The second-order valence-electron chi connectivity index (χ2n) is 4.86. The van der Waals surface area contributed by atoms with Crippen molar-refractivity contribution in [3.63, 3.8) is 0 Å². The highest BCUT2D eigenvalue weighted by molar-refractivity contribution is 5.95. The van der Waals surface area contributed by atoms with E-state index in [9.17, 15) is 23.2 Å². The first kappa shape index (κ1) is 18.0. The number of nitrogens with one attached hydrogen (secondary N) is 2. The summed E-state index contributed by atoms with van der Waals surface area (Å²) in [6.07, 6.45) is 0. The van der Waals surface area contributed by atoms with Crippen LogP contribution in [0.3, 0.4) is 0 Å². The third-order valence-electron chi connectivity index (χ3n) is 2.81. The van der Waals surface area contributed by atoms with Crippen LogP contribution in [-0.2, 0) is 14.3 Å². The maximum Gasteiger partial charge on any atom is 0.377 e. The Kier molecular flexibility index (Phi) is 5.77. The summed E-state index contributed by atoms with van der Waals surface area (Å²) in [6, 6.07) is 4.17. The zero-order chi connectivity index (χ0) is 18.4. The Bertz CT molecular complexity index is 806. The third kappa shape index (κ3) is 5.37. The molecule has 2 aromatic rings. The van der Waals surface area contributed by atoms with Crippen LogP contribution in [0.4, 0.5) is 14.5 Å². The van der Waals surface area contributed by atoms with Gasteiger partial charge in [0.2, 0.25) is 11.7 Å². The number of hydrogen-bond acceptors (Lipinski definition) is 6. The number of aryl methyl sites for hydroxylation is 1. The lowest BCUT2D eigenvalue weighted by Crippen LogP contribution is -2.35. The molecule has 1 heterocycles.